The van der Waals surface area contributed by atoms with Crippen molar-refractivity contribution in [3.05, 3.63) is 28.8 Å². The summed E-state index contributed by atoms with van der Waals surface area (Å²) < 4.78 is 10.2. The molecule has 2 N–H and O–H groups in total. The van der Waals surface area contributed by atoms with E-state index in [1.54, 1.807) is 13.2 Å². The number of hydrogen-bond acceptors (Lipinski definition) is 4. The van der Waals surface area contributed by atoms with Crippen molar-refractivity contribution in [1.82, 2.24) is 5.16 Å². The second-order valence-electron chi connectivity index (χ2n) is 4.35. The number of nitrogens with zero attached hydrogens (tertiary/aromatic N) is 1. The van der Waals surface area contributed by atoms with Crippen molar-refractivity contribution in [1.29, 1.82) is 0 Å². The SMILES string of the molecule is COc1c(Cl)cc(C(C)C)cc1-c1cc(N)on1. The van der Waals surface area contributed by atoms with Gasteiger partial charge in [-0.05, 0) is 23.6 Å². The molecule has 2 aromatic rings. The van der Waals surface area contributed by atoms with Gasteiger partial charge in [0.05, 0.1) is 12.1 Å². The Kier molecular flexibility index (Phi) is 3.48. The Balaban J connectivity index is 2.63. The van der Waals surface area contributed by atoms with E-state index >= 15 is 0 Å². The predicted molar refractivity (Wildman–Crippen MR) is 72.0 cm³/mol. The van der Waals surface area contributed by atoms with E-state index in [2.05, 4.69) is 19.0 Å². The summed E-state index contributed by atoms with van der Waals surface area (Å²) in [6.07, 6.45) is 0. The van der Waals surface area contributed by atoms with Crippen LogP contribution in [0.25, 0.3) is 11.3 Å². The first-order valence-electron chi connectivity index (χ1n) is 5.63. The van der Waals surface area contributed by atoms with Crippen LogP contribution in [0.4, 0.5) is 5.88 Å². The van der Waals surface area contributed by atoms with Crippen LogP contribution in [-0.2, 0) is 0 Å². The lowest BCUT2D eigenvalue weighted by Crippen LogP contribution is -1.94. The molecule has 4 nitrogen and oxygen atoms in total. The number of methoxy groups -OCH3 is 1. The monoisotopic (exact) mass is 266 g/mol. The molecule has 0 amide bonds. The maximum absolute atomic E-state index is 6.22. The van der Waals surface area contributed by atoms with Gasteiger partial charge in [-0.1, -0.05) is 30.6 Å². The Morgan fingerprint density at radius 2 is 2.06 bits per heavy atom. The van der Waals surface area contributed by atoms with Crippen LogP contribution in [0.3, 0.4) is 0 Å². The zero-order chi connectivity index (χ0) is 13.3. The van der Waals surface area contributed by atoms with Gasteiger partial charge in [0.1, 0.15) is 11.4 Å². The third-order valence-corrected chi connectivity index (χ3v) is 3.02. The Labute approximate surface area is 111 Å². The summed E-state index contributed by atoms with van der Waals surface area (Å²) in [4.78, 5) is 0. The van der Waals surface area contributed by atoms with Crippen molar-refractivity contribution in [2.75, 3.05) is 12.8 Å². The smallest absolute Gasteiger partial charge is 0.222 e. The molecule has 18 heavy (non-hydrogen) atoms. The third kappa shape index (κ3) is 2.29. The van der Waals surface area contributed by atoms with Crippen LogP contribution in [-0.4, -0.2) is 12.3 Å². The van der Waals surface area contributed by atoms with Gasteiger partial charge < -0.3 is 15.0 Å². The molecule has 96 valence electrons. The molecule has 0 bridgehead atoms. The number of aromatic nitrogens is 1. The van der Waals surface area contributed by atoms with Crippen molar-refractivity contribution in [3.63, 3.8) is 0 Å². The van der Waals surface area contributed by atoms with Gasteiger partial charge in [0.25, 0.3) is 0 Å². The predicted octanol–water partition coefficient (Wildman–Crippen LogP) is 3.71. The molecule has 1 heterocycles. The second-order valence-corrected chi connectivity index (χ2v) is 4.76. The lowest BCUT2D eigenvalue weighted by Gasteiger charge is -2.13. The zero-order valence-corrected chi connectivity index (χ0v) is 11.3. The molecule has 1 aromatic carbocycles. The summed E-state index contributed by atoms with van der Waals surface area (Å²) in [5.41, 5.74) is 8.05. The Morgan fingerprint density at radius 1 is 1.33 bits per heavy atom. The molecule has 0 aliphatic heterocycles. The van der Waals surface area contributed by atoms with E-state index in [9.17, 15) is 0 Å². The minimum atomic E-state index is 0.262. The summed E-state index contributed by atoms with van der Waals surface area (Å²) in [6, 6.07) is 5.54. The first kappa shape index (κ1) is 12.8. The highest BCUT2D eigenvalue weighted by atomic mass is 35.5. The quantitative estimate of drug-likeness (QED) is 0.920. The maximum Gasteiger partial charge on any atom is 0.222 e. The number of ether oxygens (including phenoxy) is 1. The molecular formula is C13H15ClN2O2. The van der Waals surface area contributed by atoms with E-state index in [0.29, 0.717) is 22.4 Å². The van der Waals surface area contributed by atoms with Crippen molar-refractivity contribution in [2.45, 2.75) is 19.8 Å². The highest BCUT2D eigenvalue weighted by Gasteiger charge is 2.16. The van der Waals surface area contributed by atoms with Crippen LogP contribution in [0.1, 0.15) is 25.3 Å². The van der Waals surface area contributed by atoms with E-state index in [1.807, 2.05) is 12.1 Å². The lowest BCUT2D eigenvalue weighted by molar-refractivity contribution is 0.414. The molecule has 5 heteroatoms. The normalized spacial score (nSPS) is 10.9. The first-order chi connectivity index (χ1) is 8.52. The number of nitrogens with two attached hydrogens (primary N) is 1. The zero-order valence-electron chi connectivity index (χ0n) is 10.5. The molecule has 0 atom stereocenters. The maximum atomic E-state index is 6.22. The van der Waals surface area contributed by atoms with Crippen LogP contribution in [0.2, 0.25) is 5.02 Å². The highest BCUT2D eigenvalue weighted by Crippen LogP contribution is 2.38. The van der Waals surface area contributed by atoms with Gasteiger partial charge in [0.2, 0.25) is 5.88 Å². The molecule has 0 saturated carbocycles. The van der Waals surface area contributed by atoms with E-state index in [1.165, 1.54) is 0 Å². The van der Waals surface area contributed by atoms with Gasteiger partial charge in [0.15, 0.2) is 0 Å². The molecule has 2 rings (SSSR count). The van der Waals surface area contributed by atoms with Gasteiger partial charge >= 0.3 is 0 Å². The Morgan fingerprint density at radius 3 is 2.56 bits per heavy atom. The number of halogens is 1. The van der Waals surface area contributed by atoms with Crippen LogP contribution < -0.4 is 10.5 Å². The van der Waals surface area contributed by atoms with Gasteiger partial charge in [-0.25, -0.2) is 0 Å². The lowest BCUT2D eigenvalue weighted by atomic mass is 9.99. The second kappa shape index (κ2) is 4.90. The van der Waals surface area contributed by atoms with Gasteiger partial charge in [-0.15, -0.1) is 0 Å². The standard InChI is InChI=1S/C13H15ClN2O2/c1-7(2)8-4-9(11-6-12(15)18-16-11)13(17-3)10(14)5-8/h4-7H,15H2,1-3H3. The van der Waals surface area contributed by atoms with E-state index < -0.39 is 0 Å². The summed E-state index contributed by atoms with van der Waals surface area (Å²) >= 11 is 6.22. The largest absolute Gasteiger partial charge is 0.494 e. The van der Waals surface area contributed by atoms with Crippen LogP contribution >= 0.6 is 11.6 Å². The van der Waals surface area contributed by atoms with Gasteiger partial charge in [-0.3, -0.25) is 0 Å². The van der Waals surface area contributed by atoms with E-state index in [4.69, 9.17) is 26.6 Å². The van der Waals surface area contributed by atoms with Crippen LogP contribution in [0, 0.1) is 0 Å². The van der Waals surface area contributed by atoms with Crippen LogP contribution in [0.5, 0.6) is 5.75 Å². The molecule has 0 aliphatic carbocycles. The number of anilines is 1. The van der Waals surface area contributed by atoms with Gasteiger partial charge in [0, 0.05) is 11.6 Å². The van der Waals surface area contributed by atoms with Crippen molar-refractivity contribution in [3.8, 4) is 17.0 Å². The van der Waals surface area contributed by atoms with Crippen molar-refractivity contribution >= 4 is 17.5 Å². The van der Waals surface area contributed by atoms with E-state index in [0.717, 1.165) is 11.1 Å². The molecule has 0 spiro atoms. The minimum Gasteiger partial charge on any atom is -0.494 e. The van der Waals surface area contributed by atoms with Crippen LogP contribution in [0.15, 0.2) is 22.7 Å². The van der Waals surface area contributed by atoms with Gasteiger partial charge in [-0.2, -0.15) is 0 Å². The topological polar surface area (TPSA) is 61.3 Å². The summed E-state index contributed by atoms with van der Waals surface area (Å²) in [5, 5.41) is 4.45. The molecule has 0 unspecified atom stereocenters. The number of benzene rings is 1. The number of nitrogen functional groups attached to an aromatic ring is 1. The van der Waals surface area contributed by atoms with Crippen molar-refractivity contribution in [2.24, 2.45) is 0 Å². The first-order valence-corrected chi connectivity index (χ1v) is 6.00. The average molecular weight is 267 g/mol. The molecule has 0 fully saturated rings. The fourth-order valence-corrected chi connectivity index (χ4v) is 2.07. The number of hydrogen-bond donors (Lipinski definition) is 1. The molecule has 0 aliphatic rings. The Hall–Kier alpha value is -1.68. The Bertz CT molecular complexity index is 564. The summed E-state index contributed by atoms with van der Waals surface area (Å²) in [6.45, 7) is 4.19. The third-order valence-electron chi connectivity index (χ3n) is 2.74. The van der Waals surface area contributed by atoms with Crippen molar-refractivity contribution < 1.29 is 9.26 Å². The van der Waals surface area contributed by atoms with E-state index in [-0.39, 0.29) is 5.88 Å². The fraction of sp³-hybridized carbons (Fsp3) is 0.308. The summed E-state index contributed by atoms with van der Waals surface area (Å²) in [5.74, 6) is 1.20. The molecule has 0 radical (unpaired) electrons. The molecular weight excluding hydrogens is 252 g/mol. The summed E-state index contributed by atoms with van der Waals surface area (Å²) in [7, 11) is 1.57. The number of rotatable bonds is 3. The highest BCUT2D eigenvalue weighted by molar-refractivity contribution is 6.32. The molecule has 1 aromatic heterocycles. The fourth-order valence-electron chi connectivity index (χ4n) is 1.76. The average Bonchev–Trinajstić information content (AvgIpc) is 2.74. The minimum absolute atomic E-state index is 0.262. The molecule has 0 saturated heterocycles.